The van der Waals surface area contributed by atoms with E-state index in [1.165, 1.54) is 28.9 Å². The Morgan fingerprint density at radius 1 is 0.853 bits per heavy atom. The van der Waals surface area contributed by atoms with Crippen molar-refractivity contribution in [2.24, 2.45) is 0 Å². The van der Waals surface area contributed by atoms with Crippen molar-refractivity contribution in [1.29, 1.82) is 0 Å². The first-order valence-corrected chi connectivity index (χ1v) is 10.7. The van der Waals surface area contributed by atoms with E-state index in [4.69, 9.17) is 4.98 Å². The normalized spacial score (nSPS) is 11.9. The molecule has 0 radical (unpaired) electrons. The van der Waals surface area contributed by atoms with E-state index in [1.54, 1.807) is 36.5 Å². The van der Waals surface area contributed by atoms with E-state index in [2.05, 4.69) is 20.6 Å². The molecule has 2 heterocycles. The second-order valence-electron chi connectivity index (χ2n) is 7.73. The second kappa shape index (κ2) is 9.19. The molecule has 0 bridgehead atoms. The molecular formula is C26H20F2N6. The van der Waals surface area contributed by atoms with Gasteiger partial charge in [0.15, 0.2) is 0 Å². The summed E-state index contributed by atoms with van der Waals surface area (Å²) >= 11 is 0. The third-order valence-corrected chi connectivity index (χ3v) is 5.38. The van der Waals surface area contributed by atoms with Crippen molar-refractivity contribution in [3.05, 3.63) is 108 Å². The first-order chi connectivity index (χ1) is 16.6. The van der Waals surface area contributed by atoms with Gasteiger partial charge in [-0.3, -0.25) is 0 Å². The van der Waals surface area contributed by atoms with Gasteiger partial charge in [-0.2, -0.15) is 0 Å². The lowest BCUT2D eigenvalue weighted by atomic mass is 10.1. The fraction of sp³-hybridized carbons (Fsp3) is 0.0769. The van der Waals surface area contributed by atoms with Gasteiger partial charge in [0.05, 0.1) is 17.4 Å². The molecule has 5 aromatic rings. The smallest absolute Gasteiger partial charge is 0.223 e. The van der Waals surface area contributed by atoms with Crippen molar-refractivity contribution in [2.75, 3.05) is 5.32 Å². The van der Waals surface area contributed by atoms with Crippen molar-refractivity contribution in [3.8, 4) is 28.3 Å². The van der Waals surface area contributed by atoms with E-state index in [0.29, 0.717) is 34.3 Å². The molecule has 0 aliphatic carbocycles. The molecular weight excluding hydrogens is 434 g/mol. The third kappa shape index (κ3) is 4.38. The highest BCUT2D eigenvalue weighted by molar-refractivity contribution is 5.77. The van der Waals surface area contributed by atoms with Crippen LogP contribution in [-0.2, 0) is 0 Å². The number of aromatic nitrogens is 5. The highest BCUT2D eigenvalue weighted by Gasteiger charge is 2.20. The predicted octanol–water partition coefficient (Wildman–Crippen LogP) is 5.84. The van der Waals surface area contributed by atoms with Gasteiger partial charge in [0.2, 0.25) is 5.95 Å². The van der Waals surface area contributed by atoms with Gasteiger partial charge in [-0.05, 0) is 61.0 Å². The van der Waals surface area contributed by atoms with E-state index in [0.717, 1.165) is 5.56 Å². The maximum atomic E-state index is 14.0. The van der Waals surface area contributed by atoms with E-state index in [-0.39, 0.29) is 11.9 Å². The van der Waals surface area contributed by atoms with E-state index < -0.39 is 5.82 Å². The number of halogens is 2. The van der Waals surface area contributed by atoms with Gasteiger partial charge >= 0.3 is 0 Å². The van der Waals surface area contributed by atoms with Crippen LogP contribution in [0, 0.1) is 11.6 Å². The average molecular weight is 454 g/mol. The maximum Gasteiger partial charge on any atom is 0.223 e. The number of hydrogen-bond acceptors (Lipinski definition) is 5. The van der Waals surface area contributed by atoms with Crippen LogP contribution in [0.3, 0.4) is 0 Å². The lowest BCUT2D eigenvalue weighted by Gasteiger charge is -2.15. The molecule has 8 heteroatoms. The van der Waals surface area contributed by atoms with Crippen molar-refractivity contribution >= 4 is 5.95 Å². The Morgan fingerprint density at radius 2 is 1.65 bits per heavy atom. The van der Waals surface area contributed by atoms with Crippen LogP contribution in [0.1, 0.15) is 18.5 Å². The van der Waals surface area contributed by atoms with Gasteiger partial charge in [-0.15, -0.1) is 5.10 Å². The summed E-state index contributed by atoms with van der Waals surface area (Å²) in [6.45, 7) is 2.02. The van der Waals surface area contributed by atoms with Crippen molar-refractivity contribution < 1.29 is 8.78 Å². The molecule has 34 heavy (non-hydrogen) atoms. The van der Waals surface area contributed by atoms with Crippen LogP contribution in [0.4, 0.5) is 14.7 Å². The molecule has 1 atom stereocenters. The lowest BCUT2D eigenvalue weighted by molar-refractivity contribution is 0.625. The zero-order valence-electron chi connectivity index (χ0n) is 18.2. The summed E-state index contributed by atoms with van der Waals surface area (Å²) in [7, 11) is 0. The lowest BCUT2D eigenvalue weighted by Crippen LogP contribution is -2.10. The number of nitrogens with zero attached hydrogens (tertiary/aromatic N) is 5. The average Bonchev–Trinajstić information content (AvgIpc) is 3.30. The number of benzene rings is 3. The van der Waals surface area contributed by atoms with Crippen LogP contribution in [0.25, 0.3) is 28.3 Å². The number of nitrogens with one attached hydrogen (secondary N) is 1. The van der Waals surface area contributed by atoms with E-state index >= 15 is 0 Å². The Balaban J connectivity index is 1.60. The Labute approximate surface area is 195 Å². The summed E-state index contributed by atoms with van der Waals surface area (Å²) in [6.07, 6.45) is 1.64. The van der Waals surface area contributed by atoms with Gasteiger partial charge < -0.3 is 5.32 Å². The summed E-state index contributed by atoms with van der Waals surface area (Å²) in [5, 5.41) is 11.9. The number of hydrogen-bond donors (Lipinski definition) is 1. The first-order valence-electron chi connectivity index (χ1n) is 10.7. The summed E-state index contributed by atoms with van der Waals surface area (Å²) in [6, 6.07) is 23.7. The van der Waals surface area contributed by atoms with Gasteiger partial charge in [0.1, 0.15) is 23.0 Å². The number of rotatable bonds is 6. The highest BCUT2D eigenvalue weighted by atomic mass is 19.1. The van der Waals surface area contributed by atoms with Crippen molar-refractivity contribution in [1.82, 2.24) is 25.0 Å². The van der Waals surface area contributed by atoms with Crippen LogP contribution in [0.5, 0.6) is 0 Å². The molecule has 0 saturated heterocycles. The Morgan fingerprint density at radius 3 is 2.41 bits per heavy atom. The molecule has 2 aromatic heterocycles. The predicted molar refractivity (Wildman–Crippen MR) is 126 cm³/mol. The van der Waals surface area contributed by atoms with Gasteiger partial charge in [-0.25, -0.2) is 23.4 Å². The SMILES string of the molecule is CC(Nc1nccc(-c2c(-c3ccc(F)cc3)nnn2-c2cccc(F)c2)n1)c1ccccc1. The molecule has 0 aliphatic rings. The molecule has 0 fully saturated rings. The molecule has 6 nitrogen and oxygen atoms in total. The summed E-state index contributed by atoms with van der Waals surface area (Å²) in [5.74, 6) is -0.332. The minimum Gasteiger partial charge on any atom is -0.348 e. The second-order valence-corrected chi connectivity index (χ2v) is 7.73. The maximum absolute atomic E-state index is 14.0. The molecule has 3 aromatic carbocycles. The van der Waals surface area contributed by atoms with Crippen LogP contribution in [0.2, 0.25) is 0 Å². The minimum atomic E-state index is -0.399. The summed E-state index contributed by atoms with van der Waals surface area (Å²) < 4.78 is 29.1. The topological polar surface area (TPSA) is 68.5 Å². The van der Waals surface area contributed by atoms with Gasteiger partial charge in [-0.1, -0.05) is 41.6 Å². The molecule has 168 valence electrons. The third-order valence-electron chi connectivity index (χ3n) is 5.38. The Kier molecular flexibility index (Phi) is 5.78. The molecule has 0 amide bonds. The summed E-state index contributed by atoms with van der Waals surface area (Å²) in [5.41, 5.74) is 3.80. The molecule has 5 rings (SSSR count). The molecule has 0 aliphatic heterocycles. The molecule has 0 spiro atoms. The zero-order chi connectivity index (χ0) is 23.5. The van der Waals surface area contributed by atoms with Crippen molar-refractivity contribution in [2.45, 2.75) is 13.0 Å². The van der Waals surface area contributed by atoms with E-state index in [1.807, 2.05) is 37.3 Å². The Hall–Kier alpha value is -4.46. The van der Waals surface area contributed by atoms with Gasteiger partial charge in [0, 0.05) is 11.8 Å². The molecule has 1 unspecified atom stereocenters. The number of anilines is 1. The largest absolute Gasteiger partial charge is 0.348 e. The van der Waals surface area contributed by atoms with Crippen molar-refractivity contribution in [3.63, 3.8) is 0 Å². The zero-order valence-corrected chi connectivity index (χ0v) is 18.2. The quantitative estimate of drug-likeness (QED) is 0.349. The fourth-order valence-electron chi connectivity index (χ4n) is 3.68. The van der Waals surface area contributed by atoms with Gasteiger partial charge in [0.25, 0.3) is 0 Å². The summed E-state index contributed by atoms with van der Waals surface area (Å²) in [4.78, 5) is 9.07. The van der Waals surface area contributed by atoms with Crippen LogP contribution < -0.4 is 5.32 Å². The monoisotopic (exact) mass is 454 g/mol. The highest BCUT2D eigenvalue weighted by Crippen LogP contribution is 2.32. The van der Waals surface area contributed by atoms with E-state index in [9.17, 15) is 8.78 Å². The van der Waals surface area contributed by atoms with Crippen LogP contribution in [0.15, 0.2) is 91.1 Å². The standard InChI is InChI=1S/C26H20F2N6/c1-17(18-6-3-2-4-7-18)30-26-29-15-14-23(31-26)25-24(19-10-12-20(27)13-11-19)32-33-34(25)22-9-5-8-21(28)16-22/h2-17H,1H3,(H,29,30,31). The van der Waals surface area contributed by atoms with Crippen LogP contribution >= 0.6 is 0 Å². The Bertz CT molecular complexity index is 1420. The minimum absolute atomic E-state index is 0.0285. The first kappa shape index (κ1) is 21.4. The van der Waals surface area contributed by atoms with Crippen LogP contribution in [-0.4, -0.2) is 25.0 Å². The molecule has 0 saturated carbocycles. The fourth-order valence-corrected chi connectivity index (χ4v) is 3.68. The molecule has 1 N–H and O–H groups in total.